The van der Waals surface area contributed by atoms with Crippen LogP contribution in [0.1, 0.15) is 22.0 Å². The number of morpholine rings is 1. The molecule has 144 valence electrons. The fourth-order valence-corrected chi connectivity index (χ4v) is 3.13. The molecule has 0 aliphatic carbocycles. The number of hydrogen-bond acceptors (Lipinski definition) is 5. The zero-order chi connectivity index (χ0) is 19.5. The molecule has 0 aromatic heterocycles. The lowest BCUT2D eigenvalue weighted by molar-refractivity contribution is -0.120. The second-order valence-electron chi connectivity index (χ2n) is 6.50. The molecule has 2 aliphatic rings. The van der Waals surface area contributed by atoms with Gasteiger partial charge in [0.05, 0.1) is 13.2 Å². The number of benzene rings is 2. The van der Waals surface area contributed by atoms with Crippen LogP contribution in [0.25, 0.3) is 0 Å². The molecule has 8 nitrogen and oxygen atoms in total. The van der Waals surface area contributed by atoms with E-state index in [1.807, 2.05) is 0 Å². The van der Waals surface area contributed by atoms with Crippen molar-refractivity contribution in [2.45, 2.75) is 6.04 Å². The van der Waals surface area contributed by atoms with Crippen molar-refractivity contribution in [3.8, 4) is 11.5 Å². The molecule has 4 rings (SSSR count). The lowest BCUT2D eigenvalue weighted by Gasteiger charge is -2.26. The molecule has 1 atom stereocenters. The van der Waals surface area contributed by atoms with Crippen LogP contribution in [-0.4, -0.2) is 49.0 Å². The predicted octanol–water partition coefficient (Wildman–Crippen LogP) is 1.83. The summed E-state index contributed by atoms with van der Waals surface area (Å²) in [4.78, 5) is 37.1. The molecule has 2 heterocycles. The minimum atomic E-state index is -0.688. The maximum Gasteiger partial charge on any atom is 0.322 e. The lowest BCUT2D eigenvalue weighted by Crippen LogP contribution is -2.40. The van der Waals surface area contributed by atoms with Crippen LogP contribution in [-0.2, 0) is 9.53 Å². The van der Waals surface area contributed by atoms with Crippen LogP contribution in [0.15, 0.2) is 48.5 Å². The topological polar surface area (TPSA) is 97.0 Å². The monoisotopic (exact) mass is 381 g/mol. The van der Waals surface area contributed by atoms with E-state index in [9.17, 15) is 14.4 Å². The van der Waals surface area contributed by atoms with Gasteiger partial charge in [0, 0.05) is 18.7 Å². The highest BCUT2D eigenvalue weighted by molar-refractivity contribution is 6.04. The summed E-state index contributed by atoms with van der Waals surface area (Å²) in [6.07, 6.45) is 0. The Morgan fingerprint density at radius 3 is 2.14 bits per heavy atom. The van der Waals surface area contributed by atoms with E-state index in [1.165, 1.54) is 0 Å². The fraction of sp³-hybridized carbons (Fsp3) is 0.250. The molecule has 2 fully saturated rings. The van der Waals surface area contributed by atoms with Crippen LogP contribution in [0.5, 0.6) is 11.5 Å². The van der Waals surface area contributed by atoms with Crippen molar-refractivity contribution in [1.29, 1.82) is 0 Å². The van der Waals surface area contributed by atoms with Crippen LogP contribution in [0.2, 0.25) is 0 Å². The van der Waals surface area contributed by atoms with E-state index in [2.05, 4.69) is 10.6 Å². The number of carbonyl (C=O) groups excluding carboxylic acids is 3. The Kier molecular flexibility index (Phi) is 4.94. The van der Waals surface area contributed by atoms with Crippen molar-refractivity contribution in [1.82, 2.24) is 15.5 Å². The minimum Gasteiger partial charge on any atom is -0.457 e. The highest BCUT2D eigenvalue weighted by Crippen LogP contribution is 2.25. The van der Waals surface area contributed by atoms with Gasteiger partial charge in [0.25, 0.3) is 11.8 Å². The number of carbonyl (C=O) groups is 3. The number of nitrogens with one attached hydrogen (secondary N) is 2. The number of hydrogen-bond donors (Lipinski definition) is 2. The lowest BCUT2D eigenvalue weighted by atomic mass is 10.1. The Morgan fingerprint density at radius 2 is 1.57 bits per heavy atom. The van der Waals surface area contributed by atoms with Crippen molar-refractivity contribution in [3.05, 3.63) is 59.7 Å². The first-order valence-electron chi connectivity index (χ1n) is 8.96. The molecule has 0 saturated carbocycles. The molecule has 4 amide bonds. The Bertz CT molecular complexity index is 889. The maximum atomic E-state index is 12.4. The molecular formula is C20H19N3O5. The van der Waals surface area contributed by atoms with Gasteiger partial charge in [-0.15, -0.1) is 0 Å². The number of imide groups is 1. The largest absolute Gasteiger partial charge is 0.457 e. The van der Waals surface area contributed by atoms with Gasteiger partial charge < -0.3 is 19.7 Å². The summed E-state index contributed by atoms with van der Waals surface area (Å²) in [7, 11) is 0. The molecule has 0 radical (unpaired) electrons. The number of nitrogens with zero attached hydrogens (tertiary/aromatic N) is 1. The van der Waals surface area contributed by atoms with E-state index < -0.39 is 12.1 Å². The SMILES string of the molecule is O=C1NC(=O)C(c2ccc(Oc3ccc(C(=O)N4CCOCC4)cc3)cc2)N1. The molecule has 2 N–H and O–H groups in total. The van der Waals surface area contributed by atoms with Gasteiger partial charge in [-0.25, -0.2) is 4.79 Å². The molecule has 2 saturated heterocycles. The smallest absolute Gasteiger partial charge is 0.322 e. The first-order chi connectivity index (χ1) is 13.6. The molecule has 8 heteroatoms. The third-order valence-electron chi connectivity index (χ3n) is 4.62. The Labute approximate surface area is 161 Å². The Morgan fingerprint density at radius 1 is 0.964 bits per heavy atom. The van der Waals surface area contributed by atoms with E-state index in [1.54, 1.807) is 53.4 Å². The van der Waals surface area contributed by atoms with Crippen molar-refractivity contribution < 1.29 is 23.9 Å². The summed E-state index contributed by atoms with van der Waals surface area (Å²) in [5.41, 5.74) is 1.27. The first-order valence-corrected chi connectivity index (χ1v) is 8.96. The van der Waals surface area contributed by atoms with E-state index in [-0.39, 0.29) is 11.8 Å². The summed E-state index contributed by atoms with van der Waals surface area (Å²) in [5, 5.41) is 4.75. The quantitative estimate of drug-likeness (QED) is 0.788. The van der Waals surface area contributed by atoms with Crippen LogP contribution in [0, 0.1) is 0 Å². The summed E-state index contributed by atoms with van der Waals surface area (Å²) < 4.78 is 11.1. The van der Waals surface area contributed by atoms with Crippen molar-refractivity contribution in [3.63, 3.8) is 0 Å². The van der Waals surface area contributed by atoms with Crippen LogP contribution >= 0.6 is 0 Å². The van der Waals surface area contributed by atoms with Gasteiger partial charge in [-0.1, -0.05) is 12.1 Å². The molecule has 2 aromatic carbocycles. The molecule has 1 unspecified atom stereocenters. The second kappa shape index (κ2) is 7.69. The van der Waals surface area contributed by atoms with Gasteiger partial charge in [0.2, 0.25) is 0 Å². The number of ether oxygens (including phenoxy) is 2. The highest BCUT2D eigenvalue weighted by Gasteiger charge is 2.30. The molecule has 0 bridgehead atoms. The number of rotatable bonds is 4. The zero-order valence-electron chi connectivity index (χ0n) is 15.0. The zero-order valence-corrected chi connectivity index (χ0v) is 15.0. The molecule has 0 spiro atoms. The van der Waals surface area contributed by atoms with Crippen molar-refractivity contribution >= 4 is 17.8 Å². The normalized spacial score (nSPS) is 19.1. The van der Waals surface area contributed by atoms with E-state index in [0.29, 0.717) is 48.9 Å². The van der Waals surface area contributed by atoms with Gasteiger partial charge in [0.15, 0.2) is 0 Å². The van der Waals surface area contributed by atoms with Gasteiger partial charge >= 0.3 is 6.03 Å². The standard InChI is InChI=1S/C20H19N3O5/c24-18-17(21-20(26)22-18)13-1-5-15(6-2-13)28-16-7-3-14(4-8-16)19(25)23-9-11-27-12-10-23/h1-8,17H,9-12H2,(H2,21,22,24,26). The molecule has 2 aromatic rings. The van der Waals surface area contributed by atoms with E-state index in [0.717, 1.165) is 0 Å². The highest BCUT2D eigenvalue weighted by atomic mass is 16.5. The summed E-state index contributed by atoms with van der Waals surface area (Å²) in [6, 6.07) is 12.7. The van der Waals surface area contributed by atoms with Crippen LogP contribution < -0.4 is 15.4 Å². The predicted molar refractivity (Wildman–Crippen MR) is 99.1 cm³/mol. The average molecular weight is 381 g/mol. The van der Waals surface area contributed by atoms with Gasteiger partial charge in [-0.3, -0.25) is 14.9 Å². The number of urea groups is 1. The minimum absolute atomic E-state index is 0.0175. The maximum absolute atomic E-state index is 12.4. The van der Waals surface area contributed by atoms with Gasteiger partial charge in [-0.2, -0.15) is 0 Å². The molecule has 28 heavy (non-hydrogen) atoms. The van der Waals surface area contributed by atoms with E-state index in [4.69, 9.17) is 9.47 Å². The first kappa shape index (κ1) is 18.0. The van der Waals surface area contributed by atoms with E-state index >= 15 is 0 Å². The molecular weight excluding hydrogens is 362 g/mol. The second-order valence-corrected chi connectivity index (χ2v) is 6.50. The third-order valence-corrected chi connectivity index (χ3v) is 4.62. The summed E-state index contributed by atoms with van der Waals surface area (Å²) >= 11 is 0. The Hall–Kier alpha value is -3.39. The summed E-state index contributed by atoms with van der Waals surface area (Å²) in [6.45, 7) is 2.33. The average Bonchev–Trinajstić information content (AvgIpc) is 3.07. The van der Waals surface area contributed by atoms with Gasteiger partial charge in [0.1, 0.15) is 17.5 Å². The summed E-state index contributed by atoms with van der Waals surface area (Å²) in [5.74, 6) is 0.786. The number of amides is 4. The van der Waals surface area contributed by atoms with Crippen molar-refractivity contribution in [2.24, 2.45) is 0 Å². The fourth-order valence-electron chi connectivity index (χ4n) is 3.13. The molecule has 2 aliphatic heterocycles. The van der Waals surface area contributed by atoms with Crippen LogP contribution in [0.3, 0.4) is 0 Å². The van der Waals surface area contributed by atoms with Crippen molar-refractivity contribution in [2.75, 3.05) is 26.3 Å². The van der Waals surface area contributed by atoms with Gasteiger partial charge in [-0.05, 0) is 42.0 Å². The third kappa shape index (κ3) is 3.81. The Balaban J connectivity index is 1.39. The van der Waals surface area contributed by atoms with Crippen LogP contribution in [0.4, 0.5) is 4.79 Å².